The van der Waals surface area contributed by atoms with Crippen molar-refractivity contribution in [1.29, 1.82) is 0 Å². The Bertz CT molecular complexity index is 1050. The predicted molar refractivity (Wildman–Crippen MR) is 119 cm³/mol. The van der Waals surface area contributed by atoms with E-state index in [2.05, 4.69) is 44.7 Å². The average Bonchev–Trinajstić information content (AvgIpc) is 3.22. The van der Waals surface area contributed by atoms with Gasteiger partial charge in [-0.25, -0.2) is 19.6 Å². The molecule has 0 saturated heterocycles. The first kappa shape index (κ1) is 22.0. The first-order chi connectivity index (χ1) is 15.0. The number of benzene rings is 1. The van der Waals surface area contributed by atoms with Gasteiger partial charge in [0.1, 0.15) is 17.9 Å². The largest absolute Gasteiger partial charge is 0.438 e. The molecule has 0 unspecified atom stereocenters. The number of anilines is 1. The summed E-state index contributed by atoms with van der Waals surface area (Å²) >= 11 is 0. The molecular weight excluding hydrogens is 398 g/mol. The Balaban J connectivity index is 1.66. The molecule has 3 amide bonds. The fourth-order valence-electron chi connectivity index (χ4n) is 3.13. The van der Waals surface area contributed by atoms with Gasteiger partial charge < -0.3 is 20.3 Å². The van der Waals surface area contributed by atoms with E-state index in [9.17, 15) is 9.59 Å². The van der Waals surface area contributed by atoms with E-state index in [0.717, 1.165) is 25.0 Å². The number of hydrogen-bond acceptors (Lipinski definition) is 6. The number of nitrogens with zero attached hydrogens (tertiary/aromatic N) is 4. The number of urea groups is 1. The molecule has 1 aromatic carbocycles. The number of carbonyl (C=O) groups excluding carboxylic acids is 2. The summed E-state index contributed by atoms with van der Waals surface area (Å²) in [5.74, 6) is 1.13. The Kier molecular flexibility index (Phi) is 7.39. The molecule has 10 nitrogen and oxygen atoms in total. The van der Waals surface area contributed by atoms with Crippen LogP contribution in [-0.2, 0) is 0 Å². The Morgan fingerprint density at radius 3 is 2.71 bits per heavy atom. The van der Waals surface area contributed by atoms with Gasteiger partial charge in [-0.1, -0.05) is 19.9 Å². The molecule has 31 heavy (non-hydrogen) atoms. The van der Waals surface area contributed by atoms with Crippen LogP contribution in [0.4, 0.5) is 15.4 Å². The number of aromatic nitrogens is 3. The molecule has 0 atom stereocenters. The molecule has 0 radical (unpaired) electrons. The Morgan fingerprint density at radius 1 is 1.16 bits per heavy atom. The predicted octanol–water partition coefficient (Wildman–Crippen LogP) is 2.87. The lowest BCUT2D eigenvalue weighted by atomic mass is 10.2. The number of amides is 3. The third kappa shape index (κ3) is 5.48. The summed E-state index contributed by atoms with van der Waals surface area (Å²) in [5, 5.41) is 8.85. The SMILES string of the molecule is CCN(CC)CCNC(=O)Nc1cc(Oc2cccc3c2ccn3C(=O)NC)ncn1. The van der Waals surface area contributed by atoms with Crippen molar-refractivity contribution in [3.05, 3.63) is 42.9 Å². The van der Waals surface area contributed by atoms with E-state index < -0.39 is 0 Å². The maximum absolute atomic E-state index is 12.1. The summed E-state index contributed by atoms with van der Waals surface area (Å²) in [6.07, 6.45) is 2.99. The molecule has 0 spiro atoms. The number of nitrogens with one attached hydrogen (secondary N) is 3. The topological polar surface area (TPSA) is 113 Å². The molecule has 0 aliphatic rings. The zero-order chi connectivity index (χ0) is 22.2. The zero-order valence-electron chi connectivity index (χ0n) is 17.9. The third-order valence-electron chi connectivity index (χ3n) is 4.83. The van der Waals surface area contributed by atoms with E-state index in [4.69, 9.17) is 4.74 Å². The average molecular weight is 425 g/mol. The van der Waals surface area contributed by atoms with E-state index in [-0.39, 0.29) is 17.9 Å². The second kappa shape index (κ2) is 10.4. The van der Waals surface area contributed by atoms with Gasteiger partial charge in [-0.05, 0) is 31.3 Å². The molecule has 3 rings (SSSR count). The van der Waals surface area contributed by atoms with Gasteiger partial charge >= 0.3 is 12.1 Å². The van der Waals surface area contributed by atoms with Crippen LogP contribution >= 0.6 is 0 Å². The third-order valence-corrected chi connectivity index (χ3v) is 4.83. The van der Waals surface area contributed by atoms with Gasteiger partial charge in [0, 0.05) is 37.8 Å². The molecule has 0 aliphatic heterocycles. The van der Waals surface area contributed by atoms with Gasteiger partial charge in [0.2, 0.25) is 5.88 Å². The maximum Gasteiger partial charge on any atom is 0.325 e. The number of rotatable bonds is 8. The minimum atomic E-state index is -0.346. The minimum Gasteiger partial charge on any atom is -0.438 e. The van der Waals surface area contributed by atoms with Crippen LogP contribution in [0.1, 0.15) is 13.8 Å². The number of likely N-dealkylation sites (N-methyl/N-ethyl adjacent to an activating group) is 1. The summed E-state index contributed by atoms with van der Waals surface area (Å²) in [6.45, 7) is 7.35. The lowest BCUT2D eigenvalue weighted by Gasteiger charge is -2.18. The number of fused-ring (bicyclic) bond motifs is 1. The standard InChI is InChI=1S/C21H27N7O3/c1-4-27(5-2)12-10-23-20(29)26-18-13-19(25-14-24-18)31-17-8-6-7-16-15(17)9-11-28(16)21(30)22-3/h6-9,11,13-14H,4-5,10,12H2,1-3H3,(H,22,30)(H2,23,24,25,26,29). The van der Waals surface area contributed by atoms with Gasteiger partial charge in [-0.15, -0.1) is 0 Å². The fourth-order valence-corrected chi connectivity index (χ4v) is 3.13. The number of hydrogen-bond donors (Lipinski definition) is 3. The molecule has 10 heteroatoms. The normalized spacial score (nSPS) is 10.8. The van der Waals surface area contributed by atoms with Crippen LogP contribution in [0, 0.1) is 0 Å². The highest BCUT2D eigenvalue weighted by molar-refractivity contribution is 5.94. The monoisotopic (exact) mass is 425 g/mol. The molecular formula is C21H27N7O3. The van der Waals surface area contributed by atoms with E-state index >= 15 is 0 Å². The first-order valence-corrected chi connectivity index (χ1v) is 10.1. The summed E-state index contributed by atoms with van der Waals surface area (Å²) in [7, 11) is 1.57. The first-order valence-electron chi connectivity index (χ1n) is 10.1. The molecule has 2 aromatic heterocycles. The van der Waals surface area contributed by atoms with Crippen LogP contribution in [0.5, 0.6) is 11.6 Å². The van der Waals surface area contributed by atoms with Crippen LogP contribution in [-0.4, -0.2) is 64.7 Å². The molecule has 164 valence electrons. The minimum absolute atomic E-state index is 0.243. The number of carbonyl (C=O) groups is 2. The summed E-state index contributed by atoms with van der Waals surface area (Å²) in [4.78, 5) is 34.5. The highest BCUT2D eigenvalue weighted by atomic mass is 16.5. The van der Waals surface area contributed by atoms with Crippen molar-refractivity contribution in [2.24, 2.45) is 0 Å². The summed E-state index contributed by atoms with van der Waals surface area (Å²) < 4.78 is 7.41. The highest BCUT2D eigenvalue weighted by Gasteiger charge is 2.12. The van der Waals surface area contributed by atoms with Crippen molar-refractivity contribution >= 4 is 28.8 Å². The van der Waals surface area contributed by atoms with E-state index in [1.54, 1.807) is 37.5 Å². The van der Waals surface area contributed by atoms with Crippen LogP contribution in [0.2, 0.25) is 0 Å². The van der Waals surface area contributed by atoms with Crippen LogP contribution in [0.15, 0.2) is 42.9 Å². The molecule has 2 heterocycles. The van der Waals surface area contributed by atoms with Crippen LogP contribution in [0.3, 0.4) is 0 Å². The van der Waals surface area contributed by atoms with Crippen molar-refractivity contribution in [1.82, 2.24) is 30.1 Å². The molecule has 3 aromatic rings. The Morgan fingerprint density at radius 2 is 1.97 bits per heavy atom. The van der Waals surface area contributed by atoms with Gasteiger partial charge in [0.05, 0.1) is 5.52 Å². The molecule has 0 aliphatic carbocycles. The van der Waals surface area contributed by atoms with Gasteiger partial charge in [0.25, 0.3) is 0 Å². The smallest absolute Gasteiger partial charge is 0.325 e. The van der Waals surface area contributed by atoms with Crippen molar-refractivity contribution in [3.63, 3.8) is 0 Å². The zero-order valence-corrected chi connectivity index (χ0v) is 17.9. The van der Waals surface area contributed by atoms with Gasteiger partial charge in [-0.2, -0.15) is 0 Å². The van der Waals surface area contributed by atoms with Crippen molar-refractivity contribution < 1.29 is 14.3 Å². The van der Waals surface area contributed by atoms with Crippen LogP contribution in [0.25, 0.3) is 10.9 Å². The molecule has 3 N–H and O–H groups in total. The molecule has 0 saturated carbocycles. The molecule has 0 bridgehead atoms. The van der Waals surface area contributed by atoms with Gasteiger partial charge in [0.15, 0.2) is 0 Å². The van der Waals surface area contributed by atoms with Gasteiger partial charge in [-0.3, -0.25) is 9.88 Å². The Hall–Kier alpha value is -3.66. The van der Waals surface area contributed by atoms with E-state index in [1.807, 2.05) is 6.07 Å². The second-order valence-corrected chi connectivity index (χ2v) is 6.68. The second-order valence-electron chi connectivity index (χ2n) is 6.68. The molecule has 0 fully saturated rings. The lowest BCUT2D eigenvalue weighted by molar-refractivity contribution is 0.245. The van der Waals surface area contributed by atoms with E-state index in [1.165, 1.54) is 10.9 Å². The summed E-state index contributed by atoms with van der Waals surface area (Å²) in [6, 6.07) is 8.15. The fraction of sp³-hybridized carbons (Fsp3) is 0.333. The van der Waals surface area contributed by atoms with Crippen molar-refractivity contribution in [2.45, 2.75) is 13.8 Å². The quantitative estimate of drug-likeness (QED) is 0.511. The summed E-state index contributed by atoms with van der Waals surface area (Å²) in [5.41, 5.74) is 0.705. The maximum atomic E-state index is 12.1. The lowest BCUT2D eigenvalue weighted by Crippen LogP contribution is -2.37. The Labute approximate surface area is 180 Å². The van der Waals surface area contributed by atoms with Crippen molar-refractivity contribution in [3.8, 4) is 11.6 Å². The van der Waals surface area contributed by atoms with Crippen LogP contribution < -0.4 is 20.7 Å². The van der Waals surface area contributed by atoms with E-state index in [0.29, 0.717) is 23.6 Å². The highest BCUT2D eigenvalue weighted by Crippen LogP contribution is 2.30. The number of ether oxygens (including phenoxy) is 1. The van der Waals surface area contributed by atoms with Crippen molar-refractivity contribution in [2.75, 3.05) is 38.5 Å².